The summed E-state index contributed by atoms with van der Waals surface area (Å²) in [6, 6.07) is 6.03. The van der Waals surface area contributed by atoms with Crippen LogP contribution in [0.2, 0.25) is 0 Å². The Balaban J connectivity index is 1.28. The Bertz CT molecular complexity index is 1940. The maximum Gasteiger partial charge on any atom is 0.319 e. The van der Waals surface area contributed by atoms with Gasteiger partial charge in [0.15, 0.2) is 5.82 Å². The van der Waals surface area contributed by atoms with Crippen LogP contribution in [0.3, 0.4) is 0 Å². The number of carbonyl (C=O) groups is 1. The van der Waals surface area contributed by atoms with Crippen LogP contribution in [0.5, 0.6) is 11.8 Å². The molecule has 4 aromatic rings. The number of hydrogen-bond acceptors (Lipinski definition) is 9. The van der Waals surface area contributed by atoms with Crippen molar-refractivity contribution in [1.29, 1.82) is 0 Å². The maximum absolute atomic E-state index is 17.0. The third-order valence-electron chi connectivity index (χ3n) is 10.9. The van der Waals surface area contributed by atoms with Gasteiger partial charge in [0.1, 0.15) is 41.4 Å². The Labute approximate surface area is 276 Å². The highest BCUT2D eigenvalue weighted by Gasteiger charge is 2.49. The number of benzene rings is 2. The molecular weight excluding hydrogens is 623 g/mol. The van der Waals surface area contributed by atoms with Crippen LogP contribution in [0, 0.1) is 23.5 Å². The number of rotatable bonds is 7. The number of anilines is 1. The van der Waals surface area contributed by atoms with E-state index < -0.39 is 35.4 Å². The third-order valence-corrected chi connectivity index (χ3v) is 10.9. The lowest BCUT2D eigenvalue weighted by atomic mass is 9.94. The minimum absolute atomic E-state index is 0.0190. The first-order valence-electron chi connectivity index (χ1n) is 16.9. The molecule has 5 heterocycles. The topological polar surface area (TPSA) is 101 Å². The van der Waals surface area contributed by atoms with Gasteiger partial charge in [0.25, 0.3) is 0 Å². The Hall–Kier alpha value is -4.03. The van der Waals surface area contributed by atoms with Gasteiger partial charge < -0.3 is 19.5 Å². The molecule has 4 fully saturated rings. The van der Waals surface area contributed by atoms with E-state index in [1.54, 1.807) is 12.1 Å². The number of halogens is 3. The van der Waals surface area contributed by atoms with E-state index in [2.05, 4.69) is 19.8 Å². The summed E-state index contributed by atoms with van der Waals surface area (Å²) in [6.45, 7) is 5.62. The van der Waals surface area contributed by atoms with Crippen molar-refractivity contribution in [2.24, 2.45) is 11.8 Å². The highest BCUT2D eigenvalue weighted by molar-refractivity contribution is 6.02. The lowest BCUT2D eigenvalue weighted by molar-refractivity contribution is -0.131. The first-order chi connectivity index (χ1) is 23.1. The van der Waals surface area contributed by atoms with Crippen molar-refractivity contribution >= 4 is 33.5 Å². The summed E-state index contributed by atoms with van der Waals surface area (Å²) < 4.78 is 58.4. The second-order valence-electron chi connectivity index (χ2n) is 14.0. The molecule has 3 aliphatic heterocycles. The summed E-state index contributed by atoms with van der Waals surface area (Å²) in [6.07, 6.45) is 4.26. The van der Waals surface area contributed by atoms with Gasteiger partial charge in [-0.2, -0.15) is 9.97 Å². The molecule has 1 N–H and O–H groups in total. The fourth-order valence-corrected chi connectivity index (χ4v) is 8.81. The summed E-state index contributed by atoms with van der Waals surface area (Å²) in [5.41, 5.74) is 0.0978. The number of carbonyl (C=O) groups excluding carboxylic acids is 1. The Kier molecular flexibility index (Phi) is 7.71. The van der Waals surface area contributed by atoms with Gasteiger partial charge in [-0.25, -0.2) is 13.2 Å². The summed E-state index contributed by atoms with van der Waals surface area (Å²) in [4.78, 5) is 30.1. The van der Waals surface area contributed by atoms with Crippen molar-refractivity contribution in [3.05, 3.63) is 47.7 Å². The SMILES string of the molecule is CCc1c(F)ccc2cc(OC(C)=O)cc(-c3ncc4c(N5C[C@@H]6C[C@H](C5)[C@H](O)C6)nc(OC[C@@]56CCCN5C[C@H](F)C6)nc4c3F)c12. The average molecular weight is 662 g/mol. The van der Waals surface area contributed by atoms with Gasteiger partial charge in [-0.1, -0.05) is 13.0 Å². The normalized spacial score (nSPS) is 26.8. The van der Waals surface area contributed by atoms with E-state index >= 15 is 8.78 Å². The third kappa shape index (κ3) is 5.24. The largest absolute Gasteiger partial charge is 0.461 e. The zero-order valence-electron chi connectivity index (χ0n) is 27.0. The number of aryl methyl sites for hydroxylation is 1. The van der Waals surface area contributed by atoms with Crippen LogP contribution in [0.15, 0.2) is 30.5 Å². The number of esters is 1. The van der Waals surface area contributed by atoms with E-state index in [9.17, 15) is 14.3 Å². The van der Waals surface area contributed by atoms with Gasteiger partial charge in [-0.05, 0) is 79.1 Å². The molecule has 2 aromatic carbocycles. The molecule has 0 unspecified atom stereocenters. The van der Waals surface area contributed by atoms with E-state index in [1.165, 1.54) is 25.3 Å². The van der Waals surface area contributed by atoms with Gasteiger partial charge in [0.05, 0.1) is 17.0 Å². The molecule has 3 saturated heterocycles. The lowest BCUT2D eigenvalue weighted by Gasteiger charge is -2.34. The van der Waals surface area contributed by atoms with Gasteiger partial charge in [0.2, 0.25) is 0 Å². The maximum atomic E-state index is 17.0. The number of aromatic nitrogens is 3. The number of fused-ring (bicyclic) bond motifs is 5. The first kappa shape index (κ1) is 31.3. The van der Waals surface area contributed by atoms with Crippen molar-refractivity contribution < 1.29 is 32.5 Å². The molecule has 9 nitrogen and oxygen atoms in total. The number of hydrogen-bond donors (Lipinski definition) is 1. The Morgan fingerprint density at radius 3 is 2.79 bits per heavy atom. The van der Waals surface area contributed by atoms with Crippen LogP contribution in [-0.2, 0) is 11.2 Å². The molecule has 252 valence electrons. The van der Waals surface area contributed by atoms with Crippen molar-refractivity contribution in [3.8, 4) is 23.0 Å². The van der Waals surface area contributed by atoms with E-state index in [-0.39, 0.29) is 47.0 Å². The molecule has 5 atom stereocenters. The molecule has 0 spiro atoms. The zero-order chi connectivity index (χ0) is 33.3. The molecule has 12 heteroatoms. The van der Waals surface area contributed by atoms with Crippen LogP contribution in [0.25, 0.3) is 32.9 Å². The van der Waals surface area contributed by atoms with Crippen LogP contribution in [0.4, 0.5) is 19.0 Å². The summed E-state index contributed by atoms with van der Waals surface area (Å²) in [5, 5.41) is 12.0. The second kappa shape index (κ2) is 11.8. The fraction of sp³-hybridized carbons (Fsp3) is 0.500. The monoisotopic (exact) mass is 661 g/mol. The molecule has 8 rings (SSSR count). The fourth-order valence-electron chi connectivity index (χ4n) is 8.81. The van der Waals surface area contributed by atoms with Crippen LogP contribution < -0.4 is 14.4 Å². The average Bonchev–Trinajstić information content (AvgIpc) is 3.67. The number of alkyl halides is 1. The quantitative estimate of drug-likeness (QED) is 0.195. The van der Waals surface area contributed by atoms with Gasteiger partial charge in [-0.3, -0.25) is 14.7 Å². The van der Waals surface area contributed by atoms with Crippen molar-refractivity contribution in [2.75, 3.05) is 37.7 Å². The molecule has 1 saturated carbocycles. The number of aliphatic hydroxyl groups is 1. The molecule has 2 bridgehead atoms. The molecule has 4 aliphatic rings. The van der Waals surface area contributed by atoms with Gasteiger partial charge in [-0.15, -0.1) is 0 Å². The summed E-state index contributed by atoms with van der Waals surface area (Å²) in [5.74, 6) is -0.750. The first-order valence-corrected chi connectivity index (χ1v) is 16.9. The predicted molar refractivity (Wildman–Crippen MR) is 174 cm³/mol. The Morgan fingerprint density at radius 2 is 2.00 bits per heavy atom. The van der Waals surface area contributed by atoms with Gasteiger partial charge >= 0.3 is 12.0 Å². The van der Waals surface area contributed by atoms with Crippen LogP contribution in [-0.4, -0.2) is 81.5 Å². The smallest absolute Gasteiger partial charge is 0.319 e. The molecule has 2 aromatic heterocycles. The van der Waals surface area contributed by atoms with E-state index in [0.29, 0.717) is 66.4 Å². The minimum Gasteiger partial charge on any atom is -0.461 e. The van der Waals surface area contributed by atoms with E-state index in [1.807, 2.05) is 6.92 Å². The van der Waals surface area contributed by atoms with Crippen LogP contribution in [0.1, 0.15) is 51.5 Å². The predicted octanol–water partition coefficient (Wildman–Crippen LogP) is 5.77. The summed E-state index contributed by atoms with van der Waals surface area (Å²) >= 11 is 0. The standard InChI is InChI=1S/C36H38F3N5O4/c1-3-25-28(38)6-5-21-11-24(48-19(2)45)12-26(30(21)25)32-31(39)33-27(14-40-32)34(43-15-20-9-22(16-43)29(46)10-20)42-35(41-33)47-18-36-7-4-8-44(36)17-23(37)13-36/h5-6,11-12,14,20,22-23,29,46H,3-4,7-10,13,15-18H2,1-2H3/t20-,22-,23-,29-,36+/m1/s1. The van der Waals surface area contributed by atoms with E-state index in [4.69, 9.17) is 14.5 Å². The Morgan fingerprint density at radius 1 is 1.15 bits per heavy atom. The molecule has 0 radical (unpaired) electrons. The van der Waals surface area contributed by atoms with Gasteiger partial charge in [0, 0.05) is 50.7 Å². The van der Waals surface area contributed by atoms with Crippen molar-refractivity contribution in [2.45, 2.75) is 70.2 Å². The van der Waals surface area contributed by atoms with Crippen molar-refractivity contribution in [1.82, 2.24) is 19.9 Å². The molecule has 48 heavy (non-hydrogen) atoms. The molecule has 1 aliphatic carbocycles. The minimum atomic E-state index is -0.932. The highest BCUT2D eigenvalue weighted by atomic mass is 19.1. The molecular formula is C36H38F3N5O4. The number of piperidine rings is 1. The number of aliphatic hydroxyl groups excluding tert-OH is 1. The summed E-state index contributed by atoms with van der Waals surface area (Å²) in [7, 11) is 0. The van der Waals surface area contributed by atoms with E-state index in [0.717, 1.165) is 25.8 Å². The number of nitrogens with zero attached hydrogens (tertiary/aromatic N) is 5. The highest BCUT2D eigenvalue weighted by Crippen LogP contribution is 2.44. The molecule has 0 amide bonds. The second-order valence-corrected chi connectivity index (χ2v) is 14.0. The number of ether oxygens (including phenoxy) is 2. The number of pyridine rings is 1. The zero-order valence-corrected chi connectivity index (χ0v) is 27.0. The lowest BCUT2D eigenvalue weighted by Crippen LogP contribution is -2.43. The van der Waals surface area contributed by atoms with Crippen LogP contribution >= 0.6 is 0 Å². The van der Waals surface area contributed by atoms with Crippen molar-refractivity contribution in [3.63, 3.8) is 0 Å².